The van der Waals surface area contributed by atoms with Crippen LogP contribution in [0.4, 0.5) is 19.7 Å². The van der Waals surface area contributed by atoms with Gasteiger partial charge in [0.15, 0.2) is 0 Å². The summed E-state index contributed by atoms with van der Waals surface area (Å²) in [5, 5.41) is 9.07. The molecule has 2 aromatic carbocycles. The lowest BCUT2D eigenvalue weighted by Gasteiger charge is -2.29. The number of para-hydroxylation sites is 1. The fraction of sp³-hybridized carbons (Fsp3) is 0.525. The molecule has 1 aliphatic carbocycles. The molecule has 2 aliphatic heterocycles. The summed E-state index contributed by atoms with van der Waals surface area (Å²) in [7, 11) is -3.10. The molecule has 16 nitrogen and oxygen atoms in total. The number of nitrogens with one attached hydrogen (secondary N) is 4. The Morgan fingerprint density at radius 1 is 0.983 bits per heavy atom. The number of hydrogen-bond acceptors (Lipinski definition) is 12. The van der Waals surface area contributed by atoms with E-state index < -0.39 is 69.0 Å². The van der Waals surface area contributed by atoms with Crippen molar-refractivity contribution in [3.05, 3.63) is 72.1 Å². The van der Waals surface area contributed by atoms with Crippen LogP contribution in [-0.2, 0) is 51.7 Å². The lowest BCUT2D eigenvalue weighted by Crippen LogP contribution is -2.56. The van der Waals surface area contributed by atoms with Gasteiger partial charge < -0.3 is 30.2 Å². The number of methoxy groups -OCH3 is 1. The fourth-order valence-corrected chi connectivity index (χ4v) is 8.24. The van der Waals surface area contributed by atoms with Crippen LogP contribution in [0, 0.1) is 11.7 Å². The standard InChI is InChI=1S/C40H53FN6O10S/c1-6-27-22-40(27,36(50)45-58(53,54)33-16-8-7-15-31(33)43-20-10-9-18-42-19-12-17-34(48)55-5)44-35(49)32-21-28(24-47(32)38(52)57-39(2,3)4)56-37(51)46-23-26-13-11-14-30(41)29(26)25-46/h6-8,11,13-16,27-28,32,42-43H,1,9-10,12,17-25H2,2-5H3,(H,44,49)(H,45,50)/t27-,28-,32+,40-/m1/s1. The molecular weight excluding hydrogens is 776 g/mol. The third-order valence-electron chi connectivity index (χ3n) is 10.2. The lowest BCUT2D eigenvalue weighted by atomic mass is 10.1. The highest BCUT2D eigenvalue weighted by molar-refractivity contribution is 7.90. The first-order chi connectivity index (χ1) is 27.5. The fourth-order valence-electron chi connectivity index (χ4n) is 7.02. The van der Waals surface area contributed by atoms with Crippen LogP contribution in [0.15, 0.2) is 60.0 Å². The normalized spacial score (nSPS) is 21.1. The number of ether oxygens (including phenoxy) is 3. The molecule has 0 aromatic heterocycles. The quantitative estimate of drug-likeness (QED) is 0.0776. The van der Waals surface area contributed by atoms with Crippen LogP contribution >= 0.6 is 0 Å². The van der Waals surface area contributed by atoms with Gasteiger partial charge in [0.2, 0.25) is 5.91 Å². The van der Waals surface area contributed by atoms with Crippen molar-refractivity contribution in [1.82, 2.24) is 25.2 Å². The number of amides is 4. The highest BCUT2D eigenvalue weighted by atomic mass is 32.2. The Bertz CT molecular complexity index is 1990. The van der Waals surface area contributed by atoms with Gasteiger partial charge >= 0.3 is 18.2 Å². The van der Waals surface area contributed by atoms with Crippen LogP contribution in [0.2, 0.25) is 0 Å². The number of nitrogens with zero attached hydrogens (tertiary/aromatic N) is 2. The van der Waals surface area contributed by atoms with E-state index >= 15 is 0 Å². The molecule has 58 heavy (non-hydrogen) atoms. The van der Waals surface area contributed by atoms with E-state index in [1.54, 1.807) is 45.0 Å². The van der Waals surface area contributed by atoms with E-state index in [9.17, 15) is 36.8 Å². The second kappa shape index (κ2) is 18.6. The van der Waals surface area contributed by atoms with E-state index in [1.165, 1.54) is 36.3 Å². The van der Waals surface area contributed by atoms with Gasteiger partial charge in [0.25, 0.3) is 15.9 Å². The van der Waals surface area contributed by atoms with Gasteiger partial charge in [-0.25, -0.2) is 27.1 Å². The van der Waals surface area contributed by atoms with Crippen molar-refractivity contribution in [2.75, 3.05) is 38.6 Å². The minimum absolute atomic E-state index is 0.00313. The minimum atomic E-state index is -4.45. The number of sulfonamides is 1. The summed E-state index contributed by atoms with van der Waals surface area (Å²) in [6.45, 7) is 10.4. The number of carbonyl (C=O) groups is 5. The van der Waals surface area contributed by atoms with Crippen LogP contribution < -0.4 is 20.7 Å². The second-order valence-electron chi connectivity index (χ2n) is 15.6. The van der Waals surface area contributed by atoms with Crippen molar-refractivity contribution in [1.29, 1.82) is 0 Å². The number of unbranched alkanes of at least 4 members (excludes halogenated alkanes) is 1. The number of esters is 1. The molecular formula is C40H53FN6O10S. The molecule has 0 spiro atoms. The van der Waals surface area contributed by atoms with Gasteiger partial charge in [-0.3, -0.25) is 24.2 Å². The zero-order valence-electron chi connectivity index (χ0n) is 33.3. The molecule has 5 rings (SSSR count). The van der Waals surface area contributed by atoms with Crippen molar-refractivity contribution in [3.8, 4) is 0 Å². The van der Waals surface area contributed by atoms with E-state index in [-0.39, 0.29) is 49.0 Å². The summed E-state index contributed by atoms with van der Waals surface area (Å²) in [6.07, 6.45) is 1.26. The average Bonchev–Trinajstić information content (AvgIpc) is 3.45. The topological polar surface area (TPSA) is 202 Å². The molecule has 0 radical (unpaired) electrons. The Hall–Kier alpha value is -5.23. The van der Waals surface area contributed by atoms with Gasteiger partial charge in [-0.15, -0.1) is 6.58 Å². The third kappa shape index (κ3) is 10.8. The molecule has 0 unspecified atom stereocenters. The minimum Gasteiger partial charge on any atom is -0.469 e. The van der Waals surface area contributed by atoms with Crippen LogP contribution in [0.5, 0.6) is 0 Å². The number of hydrogen-bond donors (Lipinski definition) is 4. The first-order valence-corrected chi connectivity index (χ1v) is 20.8. The van der Waals surface area contributed by atoms with E-state index in [1.807, 2.05) is 0 Å². The maximum atomic E-state index is 14.4. The predicted octanol–water partition coefficient (Wildman–Crippen LogP) is 3.96. The first-order valence-electron chi connectivity index (χ1n) is 19.3. The number of carbonyl (C=O) groups excluding carboxylic acids is 5. The zero-order chi connectivity index (χ0) is 42.3. The highest BCUT2D eigenvalue weighted by Crippen LogP contribution is 2.45. The molecule has 0 bridgehead atoms. The van der Waals surface area contributed by atoms with Gasteiger partial charge in [0, 0.05) is 37.4 Å². The lowest BCUT2D eigenvalue weighted by molar-refractivity contribution is -0.140. The molecule has 2 aromatic rings. The van der Waals surface area contributed by atoms with Crippen LogP contribution in [0.1, 0.15) is 70.4 Å². The van der Waals surface area contributed by atoms with Gasteiger partial charge in [0.05, 0.1) is 25.9 Å². The van der Waals surface area contributed by atoms with Crippen molar-refractivity contribution in [3.63, 3.8) is 0 Å². The summed E-state index contributed by atoms with van der Waals surface area (Å²) in [6, 6.07) is 9.46. The Kier molecular flexibility index (Phi) is 14.1. The molecule has 4 atom stereocenters. The maximum absolute atomic E-state index is 14.4. The predicted molar refractivity (Wildman–Crippen MR) is 210 cm³/mol. The smallest absolute Gasteiger partial charge is 0.411 e. The Morgan fingerprint density at radius 3 is 2.40 bits per heavy atom. The van der Waals surface area contributed by atoms with E-state index in [4.69, 9.17) is 9.47 Å². The largest absolute Gasteiger partial charge is 0.469 e. The van der Waals surface area contributed by atoms with Crippen molar-refractivity contribution in [2.24, 2.45) is 5.92 Å². The Labute approximate surface area is 338 Å². The van der Waals surface area contributed by atoms with E-state index in [2.05, 4.69) is 32.0 Å². The van der Waals surface area contributed by atoms with E-state index in [0.717, 1.165) is 11.3 Å². The van der Waals surface area contributed by atoms with Gasteiger partial charge in [-0.1, -0.05) is 30.3 Å². The SMILES string of the molecule is C=C[C@@H]1C[C@]1(NC(=O)[C@@H]1C[C@@H](OC(=O)N2Cc3cccc(F)c3C2)CN1C(=O)OC(C)(C)C)C(=O)NS(=O)(=O)c1ccccc1NCCCCNCCCC(=O)OC. The molecule has 316 valence electrons. The number of benzene rings is 2. The van der Waals surface area contributed by atoms with Crippen molar-refractivity contribution < 1.29 is 51.0 Å². The summed E-state index contributed by atoms with van der Waals surface area (Å²) in [5.74, 6) is -3.09. The zero-order valence-corrected chi connectivity index (χ0v) is 34.1. The van der Waals surface area contributed by atoms with E-state index in [0.29, 0.717) is 50.0 Å². The summed E-state index contributed by atoms with van der Waals surface area (Å²) in [4.78, 5) is 68.0. The monoisotopic (exact) mass is 828 g/mol. The molecule has 18 heteroatoms. The first kappa shape index (κ1) is 43.9. The third-order valence-corrected chi connectivity index (χ3v) is 11.5. The van der Waals surface area contributed by atoms with Crippen LogP contribution in [-0.4, -0.2) is 105 Å². The van der Waals surface area contributed by atoms with Gasteiger partial charge in [-0.05, 0) is 83.3 Å². The number of anilines is 1. The maximum Gasteiger partial charge on any atom is 0.411 e. The summed E-state index contributed by atoms with van der Waals surface area (Å²) in [5.41, 5.74) is -1.32. The number of rotatable bonds is 17. The molecule has 1 saturated heterocycles. The van der Waals surface area contributed by atoms with Crippen molar-refractivity contribution in [2.45, 2.75) is 101 Å². The number of halogens is 1. The molecule has 3 aliphatic rings. The van der Waals surface area contributed by atoms with Crippen LogP contribution in [0.3, 0.4) is 0 Å². The second-order valence-corrected chi connectivity index (χ2v) is 17.3. The number of fused-ring (bicyclic) bond motifs is 1. The Morgan fingerprint density at radius 2 is 1.71 bits per heavy atom. The van der Waals surface area contributed by atoms with Crippen LogP contribution in [0.25, 0.3) is 0 Å². The van der Waals surface area contributed by atoms with Crippen molar-refractivity contribution >= 4 is 45.7 Å². The number of likely N-dealkylation sites (tertiary alicyclic amines) is 1. The summed E-state index contributed by atoms with van der Waals surface area (Å²) >= 11 is 0. The Balaban J connectivity index is 1.21. The molecule has 2 fully saturated rings. The molecule has 2 heterocycles. The molecule has 4 N–H and O–H groups in total. The average molecular weight is 829 g/mol. The highest BCUT2D eigenvalue weighted by Gasteiger charge is 2.61. The molecule has 4 amide bonds. The molecule has 1 saturated carbocycles. The van der Waals surface area contributed by atoms with Gasteiger partial charge in [-0.2, -0.15) is 0 Å². The van der Waals surface area contributed by atoms with Gasteiger partial charge in [0.1, 0.15) is 34.0 Å². The summed E-state index contributed by atoms with van der Waals surface area (Å²) < 4.78 is 59.8.